The van der Waals surface area contributed by atoms with Gasteiger partial charge in [-0.2, -0.15) is 0 Å². The van der Waals surface area contributed by atoms with Crippen molar-refractivity contribution in [1.82, 2.24) is 4.90 Å². The van der Waals surface area contributed by atoms with Crippen LogP contribution in [0.5, 0.6) is 5.95 Å². The molecule has 0 aliphatic rings. The van der Waals surface area contributed by atoms with Gasteiger partial charge in [0.05, 0.1) is 0 Å². The summed E-state index contributed by atoms with van der Waals surface area (Å²) in [5.74, 6) is 3.67. The highest BCUT2D eigenvalue weighted by Crippen LogP contribution is 2.18. The van der Waals surface area contributed by atoms with Crippen molar-refractivity contribution in [2.24, 2.45) is 0 Å². The quantitative estimate of drug-likeness (QED) is 0.585. The molecule has 1 aromatic rings. The smallest absolute Gasteiger partial charge is 0.417 e. The number of hydrogen-bond donors (Lipinski definition) is 0. The number of rotatable bonds is 1. The molecule has 1 aromatic heterocycles. The average Bonchev–Trinajstić information content (AvgIpc) is 2.71. The molecule has 0 unspecified atom stereocenters. The fraction of sp³-hybridized carbons (Fsp3) is 0.533. The topological polar surface area (TPSA) is 42.7 Å². The van der Waals surface area contributed by atoms with E-state index in [1.807, 2.05) is 20.8 Å². The largest absolute Gasteiger partial charge is 0.417 e. The van der Waals surface area contributed by atoms with Crippen LogP contribution in [0.1, 0.15) is 26.5 Å². The molecule has 0 aromatic carbocycles. The Morgan fingerprint density at radius 2 is 1.90 bits per heavy atom. The van der Waals surface area contributed by atoms with Crippen molar-refractivity contribution in [3.63, 3.8) is 0 Å². The Labute approximate surface area is 122 Å². The van der Waals surface area contributed by atoms with E-state index in [2.05, 4.69) is 31.1 Å². The third kappa shape index (κ3) is 5.14. The van der Waals surface area contributed by atoms with E-state index < -0.39 is 14.2 Å². The van der Waals surface area contributed by atoms with Gasteiger partial charge in [-0.05, 0) is 32.8 Å². The van der Waals surface area contributed by atoms with Crippen molar-refractivity contribution in [3.05, 3.63) is 17.9 Å². The molecule has 0 saturated carbocycles. The van der Waals surface area contributed by atoms with Crippen molar-refractivity contribution < 1.29 is 13.9 Å². The first-order valence-corrected chi connectivity index (χ1v) is 10.1. The lowest BCUT2D eigenvalue weighted by atomic mass is 10.1. The summed E-state index contributed by atoms with van der Waals surface area (Å²) in [7, 11) is 0.249. The standard InChI is InChI=1S/C15H23NO3Si/c1-15(2,3)16(4)14(17)19-13-9-8-12(18-13)10-11-20(5,6)7/h8-9H,1-7H3. The SMILES string of the molecule is CN(C(=O)Oc1ccc(C#C[Si](C)(C)C)o1)C(C)(C)C. The predicted molar refractivity (Wildman–Crippen MR) is 82.5 cm³/mol. The molecule has 110 valence electrons. The van der Waals surface area contributed by atoms with E-state index in [-0.39, 0.29) is 11.5 Å². The summed E-state index contributed by atoms with van der Waals surface area (Å²) in [5, 5.41) is 0. The Kier molecular flexibility index (Phi) is 4.71. The van der Waals surface area contributed by atoms with Crippen LogP contribution in [0, 0.1) is 11.5 Å². The van der Waals surface area contributed by atoms with E-state index in [0.29, 0.717) is 5.76 Å². The first-order valence-electron chi connectivity index (χ1n) is 6.58. The van der Waals surface area contributed by atoms with Crippen molar-refractivity contribution in [3.8, 4) is 17.4 Å². The van der Waals surface area contributed by atoms with Gasteiger partial charge in [0.1, 0.15) is 8.07 Å². The Morgan fingerprint density at radius 3 is 2.40 bits per heavy atom. The minimum atomic E-state index is -1.44. The number of hydrogen-bond acceptors (Lipinski definition) is 3. The van der Waals surface area contributed by atoms with Crippen LogP contribution in [0.15, 0.2) is 16.5 Å². The maximum atomic E-state index is 11.9. The van der Waals surface area contributed by atoms with Gasteiger partial charge in [-0.1, -0.05) is 19.6 Å². The lowest BCUT2D eigenvalue weighted by molar-refractivity contribution is 0.115. The molecule has 5 heteroatoms. The highest BCUT2D eigenvalue weighted by atomic mass is 28.3. The second-order valence-corrected chi connectivity index (χ2v) is 11.5. The van der Waals surface area contributed by atoms with Crippen LogP contribution in [0.2, 0.25) is 19.6 Å². The fourth-order valence-electron chi connectivity index (χ4n) is 1.12. The minimum absolute atomic E-state index is 0.172. The van der Waals surface area contributed by atoms with Gasteiger partial charge in [-0.3, -0.25) is 0 Å². The lowest BCUT2D eigenvalue weighted by Gasteiger charge is -2.30. The van der Waals surface area contributed by atoms with Crippen LogP contribution in [-0.2, 0) is 0 Å². The molecule has 0 radical (unpaired) electrons. The highest BCUT2D eigenvalue weighted by molar-refractivity contribution is 6.83. The minimum Gasteiger partial charge on any atom is -0.417 e. The molecule has 1 amide bonds. The van der Waals surface area contributed by atoms with E-state index in [9.17, 15) is 4.79 Å². The monoisotopic (exact) mass is 293 g/mol. The van der Waals surface area contributed by atoms with E-state index in [4.69, 9.17) is 9.15 Å². The Morgan fingerprint density at radius 1 is 1.30 bits per heavy atom. The Bertz CT molecular complexity index is 538. The average molecular weight is 293 g/mol. The van der Waals surface area contributed by atoms with Crippen molar-refractivity contribution in [1.29, 1.82) is 0 Å². The number of amides is 1. The lowest BCUT2D eigenvalue weighted by Crippen LogP contribution is -2.43. The van der Waals surface area contributed by atoms with Gasteiger partial charge in [0.25, 0.3) is 5.95 Å². The van der Waals surface area contributed by atoms with Crippen LogP contribution in [0.4, 0.5) is 4.79 Å². The molecule has 4 nitrogen and oxygen atoms in total. The summed E-state index contributed by atoms with van der Waals surface area (Å²) < 4.78 is 10.6. The van der Waals surface area contributed by atoms with Crippen molar-refractivity contribution >= 4 is 14.2 Å². The molecular formula is C15H23NO3Si. The van der Waals surface area contributed by atoms with Crippen LogP contribution in [-0.4, -0.2) is 31.7 Å². The summed E-state index contributed by atoms with van der Waals surface area (Å²) in [6, 6.07) is 3.33. The maximum Gasteiger partial charge on any atom is 0.417 e. The van der Waals surface area contributed by atoms with Crippen LogP contribution in [0.3, 0.4) is 0 Å². The van der Waals surface area contributed by atoms with Gasteiger partial charge in [0, 0.05) is 18.7 Å². The third-order valence-corrected chi connectivity index (χ3v) is 3.49. The summed E-state index contributed by atoms with van der Waals surface area (Å²) in [6.45, 7) is 12.3. The van der Waals surface area contributed by atoms with Crippen LogP contribution in [0.25, 0.3) is 0 Å². The summed E-state index contributed by atoms with van der Waals surface area (Å²) >= 11 is 0. The molecule has 0 aliphatic heterocycles. The predicted octanol–water partition coefficient (Wildman–Crippen LogP) is 3.74. The second-order valence-electron chi connectivity index (χ2n) is 6.72. The molecule has 1 heterocycles. The zero-order chi connectivity index (χ0) is 15.6. The molecule has 0 bridgehead atoms. The summed E-state index contributed by atoms with van der Waals surface area (Å²) in [6.07, 6.45) is -0.448. The van der Waals surface area contributed by atoms with E-state index >= 15 is 0 Å². The summed E-state index contributed by atoms with van der Waals surface area (Å²) in [5.41, 5.74) is 2.89. The second kappa shape index (κ2) is 5.76. The van der Waals surface area contributed by atoms with E-state index in [1.54, 1.807) is 19.2 Å². The Balaban J connectivity index is 2.74. The molecule has 0 saturated heterocycles. The fourth-order valence-corrected chi connectivity index (χ4v) is 1.62. The van der Waals surface area contributed by atoms with Crippen molar-refractivity contribution in [2.75, 3.05) is 7.05 Å². The van der Waals surface area contributed by atoms with E-state index in [0.717, 1.165) is 0 Å². The molecular weight excluding hydrogens is 270 g/mol. The zero-order valence-corrected chi connectivity index (χ0v) is 14.3. The molecule has 0 aliphatic carbocycles. The van der Waals surface area contributed by atoms with E-state index in [1.165, 1.54) is 4.90 Å². The van der Waals surface area contributed by atoms with Gasteiger partial charge >= 0.3 is 6.09 Å². The maximum absolute atomic E-state index is 11.9. The Hall–Kier alpha value is -1.67. The zero-order valence-electron chi connectivity index (χ0n) is 13.3. The number of carbonyl (C=O) groups is 1. The summed E-state index contributed by atoms with van der Waals surface area (Å²) in [4.78, 5) is 13.4. The first-order chi connectivity index (χ1) is 8.99. The molecule has 1 rings (SSSR count). The number of furan rings is 1. The third-order valence-electron chi connectivity index (χ3n) is 2.61. The number of nitrogens with zero attached hydrogens (tertiary/aromatic N) is 1. The normalized spacial score (nSPS) is 11.6. The van der Waals surface area contributed by atoms with Crippen LogP contribution < -0.4 is 4.74 Å². The molecule has 0 N–H and O–H groups in total. The number of ether oxygens (including phenoxy) is 1. The van der Waals surface area contributed by atoms with Crippen molar-refractivity contribution in [2.45, 2.75) is 46.0 Å². The van der Waals surface area contributed by atoms with Gasteiger partial charge in [0.15, 0.2) is 5.76 Å². The molecule has 0 spiro atoms. The molecule has 0 atom stereocenters. The van der Waals surface area contributed by atoms with Crippen LogP contribution >= 0.6 is 0 Å². The van der Waals surface area contributed by atoms with Gasteiger partial charge in [0.2, 0.25) is 0 Å². The highest BCUT2D eigenvalue weighted by Gasteiger charge is 2.24. The molecule has 20 heavy (non-hydrogen) atoms. The number of carbonyl (C=O) groups excluding carboxylic acids is 1. The first kappa shape index (κ1) is 16.4. The molecule has 0 fully saturated rings. The van der Waals surface area contributed by atoms with Gasteiger partial charge in [-0.25, -0.2) is 4.79 Å². The van der Waals surface area contributed by atoms with Gasteiger partial charge < -0.3 is 14.1 Å². The van der Waals surface area contributed by atoms with Gasteiger partial charge in [-0.15, -0.1) is 5.54 Å².